The van der Waals surface area contributed by atoms with Crippen molar-refractivity contribution >= 4 is 28.6 Å². The lowest BCUT2D eigenvalue weighted by molar-refractivity contribution is 0.865. The molecular formula is C14H13ClN4S. The van der Waals surface area contributed by atoms with Crippen molar-refractivity contribution < 1.29 is 0 Å². The van der Waals surface area contributed by atoms with Crippen LogP contribution in [0.4, 0.5) is 5.69 Å². The molecule has 1 aromatic carbocycles. The molecule has 0 bridgehead atoms. The quantitative estimate of drug-likeness (QED) is 0.787. The van der Waals surface area contributed by atoms with E-state index in [4.69, 9.17) is 11.6 Å². The number of nitrogens with zero attached hydrogens (tertiary/aromatic N) is 3. The van der Waals surface area contributed by atoms with Gasteiger partial charge in [-0.25, -0.2) is 9.97 Å². The Balaban J connectivity index is 1.96. The van der Waals surface area contributed by atoms with Gasteiger partial charge in [0.15, 0.2) is 0 Å². The predicted molar refractivity (Wildman–Crippen MR) is 82.7 cm³/mol. The molecule has 1 atom stereocenters. The minimum absolute atomic E-state index is 0.121. The van der Waals surface area contributed by atoms with Gasteiger partial charge in [-0.05, 0) is 19.1 Å². The van der Waals surface area contributed by atoms with Gasteiger partial charge in [0.25, 0.3) is 0 Å². The van der Waals surface area contributed by atoms with Gasteiger partial charge >= 0.3 is 0 Å². The highest BCUT2D eigenvalue weighted by molar-refractivity contribution is 7.09. The molecule has 102 valence electrons. The Kier molecular flexibility index (Phi) is 3.71. The number of thiazole rings is 1. The van der Waals surface area contributed by atoms with Crippen molar-refractivity contribution in [1.82, 2.24) is 14.5 Å². The van der Waals surface area contributed by atoms with Crippen molar-refractivity contribution in [3.05, 3.63) is 58.5 Å². The van der Waals surface area contributed by atoms with E-state index in [-0.39, 0.29) is 6.04 Å². The largest absolute Gasteiger partial charge is 0.374 e. The van der Waals surface area contributed by atoms with E-state index in [1.165, 1.54) is 0 Å². The third kappa shape index (κ3) is 2.55. The van der Waals surface area contributed by atoms with Crippen LogP contribution in [0.15, 0.2) is 48.5 Å². The van der Waals surface area contributed by atoms with Crippen molar-refractivity contribution in [2.45, 2.75) is 13.0 Å². The SMILES string of the molecule is CC(Nc1cccc(Cl)c1-n1ccnc1)c1nccs1. The van der Waals surface area contributed by atoms with Crippen LogP contribution in [0.3, 0.4) is 0 Å². The number of benzene rings is 1. The number of halogens is 1. The number of aromatic nitrogens is 3. The maximum Gasteiger partial charge on any atom is 0.115 e. The first kappa shape index (κ1) is 13.1. The summed E-state index contributed by atoms with van der Waals surface area (Å²) in [5.41, 5.74) is 1.85. The van der Waals surface area contributed by atoms with Crippen LogP contribution in [0.2, 0.25) is 5.02 Å². The van der Waals surface area contributed by atoms with E-state index < -0.39 is 0 Å². The van der Waals surface area contributed by atoms with Gasteiger partial charge in [0, 0.05) is 24.0 Å². The third-order valence-electron chi connectivity index (χ3n) is 2.94. The lowest BCUT2D eigenvalue weighted by atomic mass is 10.2. The normalized spacial score (nSPS) is 12.3. The second-order valence-electron chi connectivity index (χ2n) is 4.34. The molecule has 0 saturated carbocycles. The van der Waals surface area contributed by atoms with Gasteiger partial charge in [-0.15, -0.1) is 11.3 Å². The van der Waals surface area contributed by atoms with Crippen LogP contribution in [0.5, 0.6) is 0 Å². The van der Waals surface area contributed by atoms with Crippen molar-refractivity contribution in [3.8, 4) is 5.69 Å². The number of rotatable bonds is 4. The lowest BCUT2D eigenvalue weighted by Crippen LogP contribution is -2.09. The van der Waals surface area contributed by atoms with E-state index in [0.29, 0.717) is 5.02 Å². The number of hydrogen-bond donors (Lipinski definition) is 1. The Labute approximate surface area is 126 Å². The first-order valence-corrected chi connectivity index (χ1v) is 7.44. The van der Waals surface area contributed by atoms with Crippen LogP contribution < -0.4 is 5.32 Å². The number of para-hydroxylation sites is 1. The minimum Gasteiger partial charge on any atom is -0.374 e. The molecule has 0 radical (unpaired) electrons. The van der Waals surface area contributed by atoms with E-state index in [2.05, 4.69) is 22.2 Å². The molecule has 0 aliphatic carbocycles. The first-order chi connectivity index (χ1) is 9.75. The molecule has 0 amide bonds. The van der Waals surface area contributed by atoms with Gasteiger partial charge in [-0.1, -0.05) is 17.7 Å². The molecule has 2 heterocycles. The van der Waals surface area contributed by atoms with Crippen LogP contribution >= 0.6 is 22.9 Å². The summed E-state index contributed by atoms with van der Waals surface area (Å²) in [6.45, 7) is 2.08. The number of hydrogen-bond acceptors (Lipinski definition) is 4. The van der Waals surface area contributed by atoms with E-state index in [0.717, 1.165) is 16.4 Å². The number of imidazole rings is 1. The Morgan fingerprint density at radius 1 is 1.35 bits per heavy atom. The predicted octanol–water partition coefficient (Wildman–Crippen LogP) is 4.16. The fraction of sp³-hybridized carbons (Fsp3) is 0.143. The summed E-state index contributed by atoms with van der Waals surface area (Å²) in [6, 6.07) is 5.93. The first-order valence-electron chi connectivity index (χ1n) is 6.18. The highest BCUT2D eigenvalue weighted by atomic mass is 35.5. The zero-order valence-electron chi connectivity index (χ0n) is 10.8. The van der Waals surface area contributed by atoms with Crippen molar-refractivity contribution in [2.24, 2.45) is 0 Å². The second-order valence-corrected chi connectivity index (χ2v) is 5.68. The fourth-order valence-electron chi connectivity index (χ4n) is 2.03. The van der Waals surface area contributed by atoms with E-state index >= 15 is 0 Å². The van der Waals surface area contributed by atoms with Gasteiger partial charge in [0.1, 0.15) is 5.01 Å². The Bertz CT molecular complexity index is 679. The van der Waals surface area contributed by atoms with Crippen LogP contribution in [0.1, 0.15) is 18.0 Å². The third-order valence-corrected chi connectivity index (χ3v) is 4.21. The van der Waals surface area contributed by atoms with Crippen molar-refractivity contribution in [2.75, 3.05) is 5.32 Å². The van der Waals surface area contributed by atoms with E-state index in [1.807, 2.05) is 40.5 Å². The van der Waals surface area contributed by atoms with Crippen molar-refractivity contribution in [3.63, 3.8) is 0 Å². The molecule has 1 unspecified atom stereocenters. The van der Waals surface area contributed by atoms with Gasteiger partial charge in [-0.3, -0.25) is 0 Å². The monoisotopic (exact) mass is 304 g/mol. The topological polar surface area (TPSA) is 42.7 Å². The van der Waals surface area contributed by atoms with E-state index in [1.54, 1.807) is 23.9 Å². The molecule has 0 aliphatic rings. The highest BCUT2D eigenvalue weighted by Gasteiger charge is 2.13. The van der Waals surface area contributed by atoms with Gasteiger partial charge in [0.05, 0.1) is 28.8 Å². The molecule has 3 aromatic rings. The fourth-order valence-corrected chi connectivity index (χ4v) is 2.95. The van der Waals surface area contributed by atoms with Gasteiger partial charge in [-0.2, -0.15) is 0 Å². The summed E-state index contributed by atoms with van der Waals surface area (Å²) in [5.74, 6) is 0. The molecular weight excluding hydrogens is 292 g/mol. The second kappa shape index (κ2) is 5.64. The molecule has 3 rings (SSSR count). The minimum atomic E-state index is 0.121. The van der Waals surface area contributed by atoms with E-state index in [9.17, 15) is 0 Å². The highest BCUT2D eigenvalue weighted by Crippen LogP contribution is 2.31. The molecule has 2 aromatic heterocycles. The molecule has 6 heteroatoms. The molecule has 0 saturated heterocycles. The average Bonchev–Trinajstić information content (AvgIpc) is 3.12. The van der Waals surface area contributed by atoms with Crippen LogP contribution in [0, 0.1) is 0 Å². The summed E-state index contributed by atoms with van der Waals surface area (Å²) in [6.07, 6.45) is 7.16. The molecule has 0 spiro atoms. The summed E-state index contributed by atoms with van der Waals surface area (Å²) in [5, 5.41) is 7.15. The molecule has 1 N–H and O–H groups in total. The van der Waals surface area contributed by atoms with Crippen LogP contribution in [-0.2, 0) is 0 Å². The average molecular weight is 305 g/mol. The van der Waals surface area contributed by atoms with Crippen LogP contribution in [0.25, 0.3) is 5.69 Å². The Morgan fingerprint density at radius 2 is 2.25 bits per heavy atom. The molecule has 0 aliphatic heterocycles. The maximum absolute atomic E-state index is 6.33. The van der Waals surface area contributed by atoms with Gasteiger partial charge < -0.3 is 9.88 Å². The summed E-state index contributed by atoms with van der Waals surface area (Å²) < 4.78 is 1.90. The number of nitrogens with one attached hydrogen (secondary N) is 1. The zero-order valence-corrected chi connectivity index (χ0v) is 12.4. The summed E-state index contributed by atoms with van der Waals surface area (Å²) >= 11 is 7.96. The zero-order chi connectivity index (χ0) is 13.9. The summed E-state index contributed by atoms with van der Waals surface area (Å²) in [4.78, 5) is 8.41. The van der Waals surface area contributed by atoms with Crippen molar-refractivity contribution in [1.29, 1.82) is 0 Å². The number of anilines is 1. The maximum atomic E-state index is 6.33. The van der Waals surface area contributed by atoms with Gasteiger partial charge in [0.2, 0.25) is 0 Å². The van der Waals surface area contributed by atoms with Crippen LogP contribution in [-0.4, -0.2) is 14.5 Å². The lowest BCUT2D eigenvalue weighted by Gasteiger charge is -2.17. The Hall–Kier alpha value is -1.85. The molecule has 20 heavy (non-hydrogen) atoms. The Morgan fingerprint density at radius 3 is 2.95 bits per heavy atom. The summed E-state index contributed by atoms with van der Waals surface area (Å²) in [7, 11) is 0. The molecule has 4 nitrogen and oxygen atoms in total. The molecule has 0 fully saturated rings. The smallest absolute Gasteiger partial charge is 0.115 e. The standard InChI is InChI=1S/C14H13ClN4S/c1-10(14-17-6-8-20-14)18-12-4-2-3-11(15)13(12)19-7-5-16-9-19/h2-10,18H,1H3.